The third-order valence-electron chi connectivity index (χ3n) is 0.952. The van der Waals surface area contributed by atoms with Crippen LogP contribution in [0, 0.1) is 0 Å². The topological polar surface area (TPSA) is 0 Å². The number of allylic oxidation sites excluding steroid dienone is 7. The van der Waals surface area contributed by atoms with Crippen molar-refractivity contribution in [1.82, 2.24) is 0 Å². The first-order valence-corrected chi connectivity index (χ1v) is 3.52. The van der Waals surface area contributed by atoms with Crippen LogP contribution < -0.4 is 0 Å². The molecule has 0 fully saturated rings. The van der Waals surface area contributed by atoms with Gasteiger partial charge in [-0.05, 0) is 6.42 Å². The fourth-order valence-electron chi connectivity index (χ4n) is 0.486. The molecule has 0 aromatic heterocycles. The first-order valence-electron chi connectivity index (χ1n) is 3.52. The molecule has 0 spiro atoms. The summed E-state index contributed by atoms with van der Waals surface area (Å²) in [6.07, 6.45) is 14.8. The van der Waals surface area contributed by atoms with E-state index >= 15 is 0 Å². The summed E-state index contributed by atoms with van der Waals surface area (Å²) in [4.78, 5) is 0. The lowest BCUT2D eigenvalue weighted by molar-refractivity contribution is 1.22. The largest absolute Gasteiger partial charge is 0.0991 e. The molecular formula is C10H14. The molecule has 0 aromatic rings. The van der Waals surface area contributed by atoms with Crippen LogP contribution in [-0.2, 0) is 0 Å². The van der Waals surface area contributed by atoms with Crippen LogP contribution in [0.5, 0.6) is 0 Å². The highest BCUT2D eigenvalue weighted by Gasteiger charge is 1.61. The maximum absolute atomic E-state index is 3.56. The number of hydrogen-bond acceptors (Lipinski definition) is 0. The van der Waals surface area contributed by atoms with E-state index in [9.17, 15) is 0 Å². The number of hydrogen-bond donors (Lipinski definition) is 0. The van der Waals surface area contributed by atoms with Gasteiger partial charge in [-0.2, -0.15) is 0 Å². The van der Waals surface area contributed by atoms with Gasteiger partial charge < -0.3 is 0 Å². The van der Waals surface area contributed by atoms with E-state index in [0.29, 0.717) is 0 Å². The molecule has 0 aromatic carbocycles. The number of rotatable bonds is 4. The first-order chi connectivity index (χ1) is 4.91. The minimum Gasteiger partial charge on any atom is -0.0991 e. The highest BCUT2D eigenvalue weighted by Crippen LogP contribution is 1.82. The molecule has 0 aliphatic heterocycles. The summed E-state index contributed by atoms with van der Waals surface area (Å²) >= 11 is 0. The predicted octanol–water partition coefficient (Wildman–Crippen LogP) is 3.25. The van der Waals surface area contributed by atoms with Crippen molar-refractivity contribution in [1.29, 1.82) is 0 Å². The highest BCUT2D eigenvalue weighted by atomic mass is 13.7. The molecule has 0 aliphatic carbocycles. The van der Waals surface area contributed by atoms with Gasteiger partial charge in [0.2, 0.25) is 0 Å². The third-order valence-corrected chi connectivity index (χ3v) is 0.952. The molecule has 0 aliphatic rings. The van der Waals surface area contributed by atoms with Crippen LogP contribution in [0.4, 0.5) is 0 Å². The van der Waals surface area contributed by atoms with Crippen molar-refractivity contribution in [2.24, 2.45) is 0 Å². The average Bonchev–Trinajstić information content (AvgIpc) is 1.97. The van der Waals surface area contributed by atoms with Crippen LogP contribution in [0.2, 0.25) is 0 Å². The monoisotopic (exact) mass is 134 g/mol. The third kappa shape index (κ3) is 6.96. The molecule has 0 heteroatoms. The zero-order chi connectivity index (χ0) is 7.66. The fourth-order valence-corrected chi connectivity index (χ4v) is 0.486. The second kappa shape index (κ2) is 7.96. The zero-order valence-electron chi connectivity index (χ0n) is 6.46. The zero-order valence-corrected chi connectivity index (χ0v) is 6.46. The van der Waals surface area contributed by atoms with E-state index in [-0.39, 0.29) is 0 Å². The molecule has 0 N–H and O–H groups in total. The van der Waals surface area contributed by atoms with Gasteiger partial charge in [0.05, 0.1) is 0 Å². The van der Waals surface area contributed by atoms with Gasteiger partial charge in [-0.15, -0.1) is 0 Å². The minimum absolute atomic E-state index is 1.09. The highest BCUT2D eigenvalue weighted by molar-refractivity contribution is 5.13. The first kappa shape index (κ1) is 8.96. The molecule has 10 heavy (non-hydrogen) atoms. The van der Waals surface area contributed by atoms with Crippen molar-refractivity contribution in [3.8, 4) is 0 Å². The van der Waals surface area contributed by atoms with Crippen LogP contribution in [0.15, 0.2) is 49.1 Å². The maximum atomic E-state index is 3.56. The Balaban J connectivity index is 3.46. The van der Waals surface area contributed by atoms with Crippen LogP contribution in [0.1, 0.15) is 13.3 Å². The van der Waals surface area contributed by atoms with Gasteiger partial charge in [0.15, 0.2) is 0 Å². The van der Waals surface area contributed by atoms with Crippen molar-refractivity contribution >= 4 is 0 Å². The van der Waals surface area contributed by atoms with Crippen molar-refractivity contribution in [2.75, 3.05) is 0 Å². The molecule has 0 radical (unpaired) electrons. The molecule has 0 amide bonds. The second-order valence-electron chi connectivity index (χ2n) is 1.84. The average molecular weight is 134 g/mol. The standard InChI is InChI=1S/C10H14/c1-3-5-7-9-10-8-6-4-2/h3,5-10H,1,4H2,2H3/b7-5+,8-6+,10-9+. The maximum Gasteiger partial charge on any atom is -0.0376 e. The summed E-state index contributed by atoms with van der Waals surface area (Å²) in [6, 6.07) is 0. The van der Waals surface area contributed by atoms with Gasteiger partial charge in [0.25, 0.3) is 0 Å². The van der Waals surface area contributed by atoms with E-state index in [4.69, 9.17) is 0 Å². The molecular weight excluding hydrogens is 120 g/mol. The minimum atomic E-state index is 1.09. The van der Waals surface area contributed by atoms with E-state index in [1.54, 1.807) is 6.08 Å². The van der Waals surface area contributed by atoms with Crippen LogP contribution in [0.25, 0.3) is 0 Å². The van der Waals surface area contributed by atoms with Crippen molar-refractivity contribution in [3.05, 3.63) is 49.1 Å². The SMILES string of the molecule is C=C/C=C/C=C/C=C/CC. The van der Waals surface area contributed by atoms with E-state index in [0.717, 1.165) is 6.42 Å². The molecule has 0 saturated carbocycles. The summed E-state index contributed by atoms with van der Waals surface area (Å²) in [7, 11) is 0. The Hall–Kier alpha value is -1.04. The van der Waals surface area contributed by atoms with Gasteiger partial charge in [-0.1, -0.05) is 56.0 Å². The van der Waals surface area contributed by atoms with Gasteiger partial charge in [-0.25, -0.2) is 0 Å². The van der Waals surface area contributed by atoms with Crippen LogP contribution >= 0.6 is 0 Å². The molecule has 0 atom stereocenters. The quantitative estimate of drug-likeness (QED) is 0.518. The summed E-state index contributed by atoms with van der Waals surface area (Å²) in [5.41, 5.74) is 0. The van der Waals surface area contributed by atoms with Crippen molar-refractivity contribution < 1.29 is 0 Å². The van der Waals surface area contributed by atoms with E-state index < -0.39 is 0 Å². The van der Waals surface area contributed by atoms with E-state index in [1.165, 1.54) is 0 Å². The molecule has 0 saturated heterocycles. The molecule has 0 bridgehead atoms. The summed E-state index contributed by atoms with van der Waals surface area (Å²) < 4.78 is 0. The summed E-state index contributed by atoms with van der Waals surface area (Å²) in [5.74, 6) is 0. The predicted molar refractivity (Wildman–Crippen MR) is 47.9 cm³/mol. The molecule has 0 rings (SSSR count). The lowest BCUT2D eigenvalue weighted by Crippen LogP contribution is -1.51. The van der Waals surface area contributed by atoms with Gasteiger partial charge in [0, 0.05) is 0 Å². The van der Waals surface area contributed by atoms with Crippen LogP contribution in [0.3, 0.4) is 0 Å². The Kier molecular flexibility index (Phi) is 7.13. The van der Waals surface area contributed by atoms with Crippen LogP contribution in [-0.4, -0.2) is 0 Å². The van der Waals surface area contributed by atoms with E-state index in [2.05, 4.69) is 19.6 Å². The Labute approximate surface area is 63.3 Å². The molecule has 0 nitrogen and oxygen atoms in total. The van der Waals surface area contributed by atoms with Gasteiger partial charge in [-0.3, -0.25) is 0 Å². The van der Waals surface area contributed by atoms with Gasteiger partial charge >= 0.3 is 0 Å². The smallest absolute Gasteiger partial charge is 0.0376 e. The van der Waals surface area contributed by atoms with E-state index in [1.807, 2.05) is 30.4 Å². The van der Waals surface area contributed by atoms with Gasteiger partial charge in [0.1, 0.15) is 0 Å². The molecule has 0 unspecified atom stereocenters. The Morgan fingerprint density at radius 1 is 1.00 bits per heavy atom. The Morgan fingerprint density at radius 2 is 1.60 bits per heavy atom. The van der Waals surface area contributed by atoms with Crippen molar-refractivity contribution in [2.45, 2.75) is 13.3 Å². The normalized spacial score (nSPS) is 12.1. The van der Waals surface area contributed by atoms with Crippen molar-refractivity contribution in [3.63, 3.8) is 0 Å². The molecule has 0 heterocycles. The lowest BCUT2D eigenvalue weighted by Gasteiger charge is -1.73. The second-order valence-corrected chi connectivity index (χ2v) is 1.84. The molecule has 54 valence electrons. The summed E-state index contributed by atoms with van der Waals surface area (Å²) in [5, 5.41) is 0. The Bertz CT molecular complexity index is 147. The lowest BCUT2D eigenvalue weighted by atomic mass is 10.3. The summed E-state index contributed by atoms with van der Waals surface area (Å²) in [6.45, 7) is 5.67. The fraction of sp³-hybridized carbons (Fsp3) is 0.200. The Morgan fingerprint density at radius 3 is 2.20 bits per heavy atom.